The van der Waals surface area contributed by atoms with Crippen molar-refractivity contribution < 1.29 is 19.7 Å². The zero-order valence-electron chi connectivity index (χ0n) is 14.7. The number of aromatic hydroxyl groups is 2. The average Bonchev–Trinajstić information content (AvgIpc) is 2.65. The Kier molecular flexibility index (Phi) is 5.42. The first-order valence-corrected chi connectivity index (χ1v) is 8.85. The van der Waals surface area contributed by atoms with Gasteiger partial charge >= 0.3 is 5.97 Å². The smallest absolute Gasteiger partial charge is 0.343 e. The van der Waals surface area contributed by atoms with Crippen LogP contribution in [0.25, 0.3) is 10.8 Å². The fourth-order valence-electron chi connectivity index (χ4n) is 3.00. The highest BCUT2D eigenvalue weighted by atomic mass is 16.5. The number of benzene rings is 3. The van der Waals surface area contributed by atoms with Crippen molar-refractivity contribution in [2.24, 2.45) is 0 Å². The second-order valence-corrected chi connectivity index (χ2v) is 6.33. The summed E-state index contributed by atoms with van der Waals surface area (Å²) in [5.74, 6) is -0.562. The molecule has 0 bridgehead atoms. The van der Waals surface area contributed by atoms with E-state index in [0.717, 1.165) is 30.0 Å². The second-order valence-electron chi connectivity index (χ2n) is 6.33. The van der Waals surface area contributed by atoms with Crippen molar-refractivity contribution in [1.82, 2.24) is 0 Å². The van der Waals surface area contributed by atoms with Crippen LogP contribution in [0, 0.1) is 0 Å². The molecule has 0 fully saturated rings. The lowest BCUT2D eigenvalue weighted by molar-refractivity contribution is 0.0736. The van der Waals surface area contributed by atoms with Gasteiger partial charge in [0, 0.05) is 5.39 Å². The van der Waals surface area contributed by atoms with Crippen molar-refractivity contribution >= 4 is 16.7 Å². The fraction of sp³-hybridized carbons (Fsp3) is 0.227. The molecule has 0 aromatic heterocycles. The van der Waals surface area contributed by atoms with Crippen LogP contribution in [0.3, 0.4) is 0 Å². The second kappa shape index (κ2) is 7.91. The number of fused-ring (bicyclic) bond motifs is 1. The number of rotatable bonds is 6. The van der Waals surface area contributed by atoms with E-state index in [-0.39, 0.29) is 17.1 Å². The van der Waals surface area contributed by atoms with Crippen molar-refractivity contribution in [2.75, 3.05) is 0 Å². The number of hydrogen-bond donors (Lipinski definition) is 2. The number of phenolic OH excluding ortho intramolecular Hbond substituents is 2. The molecule has 2 N–H and O–H groups in total. The van der Waals surface area contributed by atoms with Gasteiger partial charge in [0.1, 0.15) is 5.75 Å². The largest absolute Gasteiger partial charge is 0.504 e. The number of carbonyl (C=O) groups is 1. The summed E-state index contributed by atoms with van der Waals surface area (Å²) in [5, 5.41) is 21.8. The van der Waals surface area contributed by atoms with Gasteiger partial charge in [-0.1, -0.05) is 56.2 Å². The number of unbranched alkanes of at least 4 members (excludes halogenated alkanes) is 2. The summed E-state index contributed by atoms with van der Waals surface area (Å²) in [5.41, 5.74) is 0.781. The highest BCUT2D eigenvalue weighted by Crippen LogP contribution is 2.33. The molecule has 0 saturated heterocycles. The maximum Gasteiger partial charge on any atom is 0.343 e. The summed E-state index contributed by atoms with van der Waals surface area (Å²) in [4.78, 5) is 12.6. The highest BCUT2D eigenvalue weighted by molar-refractivity contribution is 5.96. The highest BCUT2D eigenvalue weighted by Gasteiger charge is 2.16. The zero-order valence-corrected chi connectivity index (χ0v) is 14.7. The van der Waals surface area contributed by atoms with Crippen LogP contribution in [0.2, 0.25) is 0 Å². The molecule has 3 rings (SSSR count). The van der Waals surface area contributed by atoms with Gasteiger partial charge in [0.15, 0.2) is 11.5 Å². The van der Waals surface area contributed by atoms with Crippen LogP contribution in [0.5, 0.6) is 17.2 Å². The summed E-state index contributed by atoms with van der Waals surface area (Å²) < 4.78 is 5.56. The molecule has 26 heavy (non-hydrogen) atoms. The Hall–Kier alpha value is -3.01. The third kappa shape index (κ3) is 3.80. The van der Waals surface area contributed by atoms with E-state index in [9.17, 15) is 15.0 Å². The Bertz CT molecular complexity index is 925. The van der Waals surface area contributed by atoms with Gasteiger partial charge in [0.25, 0.3) is 0 Å². The van der Waals surface area contributed by atoms with Crippen LogP contribution in [0.1, 0.15) is 42.1 Å². The Labute approximate surface area is 152 Å². The molecule has 0 amide bonds. The molecule has 0 heterocycles. The molecule has 0 unspecified atom stereocenters. The van der Waals surface area contributed by atoms with E-state index in [4.69, 9.17) is 4.74 Å². The van der Waals surface area contributed by atoms with Gasteiger partial charge in [-0.05, 0) is 42.0 Å². The topological polar surface area (TPSA) is 66.8 Å². The van der Waals surface area contributed by atoms with E-state index in [0.29, 0.717) is 17.7 Å². The van der Waals surface area contributed by atoms with Crippen molar-refractivity contribution in [1.29, 1.82) is 0 Å². The molecule has 3 aromatic carbocycles. The number of hydrogen-bond acceptors (Lipinski definition) is 4. The Morgan fingerprint density at radius 1 is 1.00 bits per heavy atom. The minimum Gasteiger partial charge on any atom is -0.504 e. The lowest BCUT2D eigenvalue weighted by Gasteiger charge is -2.11. The van der Waals surface area contributed by atoms with E-state index in [2.05, 4.69) is 6.92 Å². The van der Waals surface area contributed by atoms with E-state index >= 15 is 0 Å². The first-order chi connectivity index (χ1) is 12.6. The molecule has 0 atom stereocenters. The molecule has 0 saturated carbocycles. The molecule has 0 aliphatic heterocycles. The lowest BCUT2D eigenvalue weighted by atomic mass is 10.0. The van der Waals surface area contributed by atoms with Gasteiger partial charge in [-0.15, -0.1) is 0 Å². The Balaban J connectivity index is 1.87. The van der Waals surface area contributed by atoms with Gasteiger partial charge in [-0.3, -0.25) is 0 Å². The molecule has 134 valence electrons. The van der Waals surface area contributed by atoms with Crippen LogP contribution < -0.4 is 4.74 Å². The van der Waals surface area contributed by atoms with Crippen LogP contribution in [-0.2, 0) is 6.42 Å². The Morgan fingerprint density at radius 3 is 2.58 bits per heavy atom. The van der Waals surface area contributed by atoms with Gasteiger partial charge in [0.05, 0.1) is 5.56 Å². The van der Waals surface area contributed by atoms with E-state index < -0.39 is 5.97 Å². The van der Waals surface area contributed by atoms with Gasteiger partial charge in [-0.2, -0.15) is 0 Å². The van der Waals surface area contributed by atoms with Crippen LogP contribution >= 0.6 is 0 Å². The summed E-state index contributed by atoms with van der Waals surface area (Å²) >= 11 is 0. The number of carbonyl (C=O) groups excluding carboxylic acids is 1. The SMILES string of the molecule is CCCCCc1cc(C(=O)Oc2cccc3ccccc23)cc(O)c1O. The molecular formula is C22H22O4. The third-order valence-electron chi connectivity index (χ3n) is 4.41. The molecular weight excluding hydrogens is 328 g/mol. The molecule has 4 heteroatoms. The molecule has 0 spiro atoms. The van der Waals surface area contributed by atoms with Crippen molar-refractivity contribution in [3.63, 3.8) is 0 Å². The van der Waals surface area contributed by atoms with Crippen molar-refractivity contribution in [3.8, 4) is 17.2 Å². The minimum absolute atomic E-state index is 0.164. The predicted octanol–water partition coefficient (Wildman–Crippen LogP) is 5.20. The molecule has 0 radical (unpaired) electrons. The molecule has 0 aliphatic carbocycles. The van der Waals surface area contributed by atoms with Gasteiger partial charge in [-0.25, -0.2) is 4.79 Å². The number of esters is 1. The van der Waals surface area contributed by atoms with Crippen molar-refractivity contribution in [3.05, 3.63) is 65.7 Å². The maximum atomic E-state index is 12.6. The monoisotopic (exact) mass is 350 g/mol. The number of phenols is 2. The van der Waals surface area contributed by atoms with Crippen LogP contribution in [0.15, 0.2) is 54.6 Å². The summed E-state index contributed by atoms with van der Waals surface area (Å²) in [6.45, 7) is 2.09. The summed E-state index contributed by atoms with van der Waals surface area (Å²) in [6, 6.07) is 16.0. The lowest BCUT2D eigenvalue weighted by Crippen LogP contribution is -2.09. The standard InChI is InChI=1S/C22H22O4/c1-2-3-4-9-16-13-17(14-19(23)21(16)24)22(25)26-20-12-7-10-15-8-5-6-11-18(15)20/h5-8,10-14,23-24H,2-4,9H2,1H3. The fourth-order valence-corrected chi connectivity index (χ4v) is 3.00. The van der Waals surface area contributed by atoms with Gasteiger partial charge < -0.3 is 14.9 Å². The quantitative estimate of drug-likeness (QED) is 0.277. The Morgan fingerprint density at radius 2 is 1.77 bits per heavy atom. The van der Waals surface area contributed by atoms with Crippen LogP contribution in [0.4, 0.5) is 0 Å². The normalized spacial score (nSPS) is 10.8. The predicted molar refractivity (Wildman–Crippen MR) is 102 cm³/mol. The summed E-state index contributed by atoms with van der Waals surface area (Å²) in [6.07, 6.45) is 3.55. The van der Waals surface area contributed by atoms with E-state index in [1.807, 2.05) is 36.4 Å². The molecule has 4 nitrogen and oxygen atoms in total. The van der Waals surface area contributed by atoms with E-state index in [1.165, 1.54) is 6.07 Å². The third-order valence-corrected chi connectivity index (χ3v) is 4.41. The van der Waals surface area contributed by atoms with Crippen LogP contribution in [-0.4, -0.2) is 16.2 Å². The maximum absolute atomic E-state index is 12.6. The van der Waals surface area contributed by atoms with Crippen molar-refractivity contribution in [2.45, 2.75) is 32.6 Å². The van der Waals surface area contributed by atoms with Gasteiger partial charge in [0.2, 0.25) is 0 Å². The van der Waals surface area contributed by atoms with E-state index in [1.54, 1.807) is 12.1 Å². The molecule has 0 aliphatic rings. The summed E-state index contributed by atoms with van der Waals surface area (Å²) in [7, 11) is 0. The molecule has 3 aromatic rings. The first kappa shape index (κ1) is 17.8. The number of ether oxygens (including phenoxy) is 1. The minimum atomic E-state index is -0.562. The first-order valence-electron chi connectivity index (χ1n) is 8.85. The zero-order chi connectivity index (χ0) is 18.5. The average molecular weight is 350 g/mol. The number of aryl methyl sites for hydroxylation is 1.